The van der Waals surface area contributed by atoms with Gasteiger partial charge in [0.1, 0.15) is 11.4 Å². The molecule has 1 aliphatic heterocycles. The van der Waals surface area contributed by atoms with Gasteiger partial charge in [0.15, 0.2) is 0 Å². The number of anilines is 2. The fourth-order valence-electron chi connectivity index (χ4n) is 2.10. The molecule has 1 aromatic rings. The highest BCUT2D eigenvalue weighted by Gasteiger charge is 2.22. The molecule has 2 N–H and O–H groups in total. The number of methoxy groups -OCH3 is 1. The minimum Gasteiger partial charge on any atom is -0.494 e. The van der Waals surface area contributed by atoms with Gasteiger partial charge in [-0.15, -0.1) is 0 Å². The molecule has 0 aliphatic carbocycles. The van der Waals surface area contributed by atoms with Crippen LogP contribution in [0, 0.1) is 0 Å². The number of amides is 1. The lowest BCUT2D eigenvalue weighted by molar-refractivity contribution is -0.136. The number of fused-ring (bicyclic) bond motifs is 1. The second kappa shape index (κ2) is 5.60. The molecule has 0 aromatic heterocycles. The second-order valence-corrected chi connectivity index (χ2v) is 4.28. The number of nitrogens with one attached hydrogen (secondary N) is 1. The smallest absolute Gasteiger partial charge is 0.305 e. The molecule has 1 aliphatic rings. The first kappa shape index (κ1) is 13.2. The summed E-state index contributed by atoms with van der Waals surface area (Å²) in [4.78, 5) is 24.3. The second-order valence-electron chi connectivity index (χ2n) is 4.28. The van der Waals surface area contributed by atoms with E-state index in [0.29, 0.717) is 30.9 Å². The van der Waals surface area contributed by atoms with Crippen LogP contribution in [0.3, 0.4) is 0 Å². The van der Waals surface area contributed by atoms with E-state index in [4.69, 9.17) is 9.84 Å². The molecule has 0 fully saturated rings. The van der Waals surface area contributed by atoms with E-state index in [1.54, 1.807) is 6.07 Å². The summed E-state index contributed by atoms with van der Waals surface area (Å²) >= 11 is 0. The SMILES string of the molecule is COc1cccc2c1NC(=O)CCN2CCC(=O)O. The van der Waals surface area contributed by atoms with Crippen molar-refractivity contribution < 1.29 is 19.4 Å². The Hall–Kier alpha value is -2.24. The van der Waals surface area contributed by atoms with Gasteiger partial charge in [0.05, 0.1) is 19.2 Å². The first-order valence-corrected chi connectivity index (χ1v) is 6.05. The van der Waals surface area contributed by atoms with Crippen LogP contribution in [0.25, 0.3) is 0 Å². The maximum atomic E-state index is 11.7. The zero-order valence-electron chi connectivity index (χ0n) is 10.7. The van der Waals surface area contributed by atoms with Gasteiger partial charge in [-0.1, -0.05) is 6.07 Å². The highest BCUT2D eigenvalue weighted by molar-refractivity contribution is 5.98. The van der Waals surface area contributed by atoms with Gasteiger partial charge in [0, 0.05) is 19.5 Å². The highest BCUT2D eigenvalue weighted by Crippen LogP contribution is 2.36. The molecule has 0 spiro atoms. The Labute approximate surface area is 111 Å². The van der Waals surface area contributed by atoms with Gasteiger partial charge in [-0.05, 0) is 12.1 Å². The molecule has 6 heteroatoms. The van der Waals surface area contributed by atoms with E-state index in [1.807, 2.05) is 17.0 Å². The van der Waals surface area contributed by atoms with Crippen molar-refractivity contribution in [3.8, 4) is 5.75 Å². The Balaban J connectivity index is 2.33. The third-order valence-electron chi connectivity index (χ3n) is 3.03. The van der Waals surface area contributed by atoms with Crippen LogP contribution in [-0.4, -0.2) is 37.2 Å². The highest BCUT2D eigenvalue weighted by atomic mass is 16.5. The van der Waals surface area contributed by atoms with Crippen LogP contribution in [0.5, 0.6) is 5.75 Å². The number of carboxylic acids is 1. The lowest BCUT2D eigenvalue weighted by atomic mass is 10.2. The largest absolute Gasteiger partial charge is 0.494 e. The lowest BCUT2D eigenvalue weighted by Crippen LogP contribution is -2.27. The molecule has 0 radical (unpaired) electrons. The number of hydrogen-bond acceptors (Lipinski definition) is 4. The Morgan fingerprint density at radius 2 is 2.32 bits per heavy atom. The minimum atomic E-state index is -0.854. The summed E-state index contributed by atoms with van der Waals surface area (Å²) in [6.45, 7) is 0.865. The van der Waals surface area contributed by atoms with Crippen LogP contribution in [0.2, 0.25) is 0 Å². The van der Waals surface area contributed by atoms with Crippen LogP contribution >= 0.6 is 0 Å². The number of hydrogen-bond donors (Lipinski definition) is 2. The molecule has 1 amide bonds. The van der Waals surface area contributed by atoms with Gasteiger partial charge in [-0.3, -0.25) is 9.59 Å². The van der Waals surface area contributed by atoms with E-state index in [9.17, 15) is 9.59 Å². The summed E-state index contributed by atoms with van der Waals surface area (Å²) in [6.07, 6.45) is 0.363. The molecule has 19 heavy (non-hydrogen) atoms. The van der Waals surface area contributed by atoms with Crippen molar-refractivity contribution in [3.63, 3.8) is 0 Å². The molecule has 0 bridgehead atoms. The van der Waals surface area contributed by atoms with Crippen molar-refractivity contribution in [2.45, 2.75) is 12.8 Å². The zero-order valence-corrected chi connectivity index (χ0v) is 10.7. The summed E-state index contributed by atoms with van der Waals surface area (Å²) in [5.41, 5.74) is 1.41. The summed E-state index contributed by atoms with van der Waals surface area (Å²) < 4.78 is 5.23. The van der Waals surface area contributed by atoms with E-state index in [0.717, 1.165) is 5.69 Å². The summed E-state index contributed by atoms with van der Waals surface area (Å²) in [7, 11) is 1.54. The standard InChI is InChI=1S/C13H16N2O4/c1-19-10-4-2-3-9-13(10)14-11(16)5-7-15(9)8-6-12(17)18/h2-4H,5-8H2,1H3,(H,14,16)(H,17,18). The summed E-state index contributed by atoms with van der Waals surface area (Å²) in [6, 6.07) is 5.44. The van der Waals surface area contributed by atoms with Crippen molar-refractivity contribution in [3.05, 3.63) is 18.2 Å². The van der Waals surface area contributed by atoms with Gasteiger partial charge in [-0.25, -0.2) is 0 Å². The zero-order chi connectivity index (χ0) is 13.8. The first-order valence-electron chi connectivity index (χ1n) is 6.05. The topological polar surface area (TPSA) is 78.9 Å². The van der Waals surface area contributed by atoms with Gasteiger partial charge in [-0.2, -0.15) is 0 Å². The van der Waals surface area contributed by atoms with E-state index >= 15 is 0 Å². The third kappa shape index (κ3) is 2.96. The van der Waals surface area contributed by atoms with Crippen LogP contribution in [0.1, 0.15) is 12.8 Å². The van der Waals surface area contributed by atoms with Crippen LogP contribution in [0.4, 0.5) is 11.4 Å². The average Bonchev–Trinajstić information content (AvgIpc) is 2.54. The van der Waals surface area contributed by atoms with Crippen molar-refractivity contribution in [1.82, 2.24) is 0 Å². The normalized spacial score (nSPS) is 14.4. The third-order valence-corrected chi connectivity index (χ3v) is 3.03. The monoisotopic (exact) mass is 264 g/mol. The molecule has 1 aromatic carbocycles. The number of benzene rings is 1. The summed E-state index contributed by atoms with van der Waals surface area (Å²) in [5.74, 6) is -0.371. The molecule has 0 saturated heterocycles. The Morgan fingerprint density at radius 3 is 3.00 bits per heavy atom. The lowest BCUT2D eigenvalue weighted by Gasteiger charge is -2.24. The van der Waals surface area contributed by atoms with Crippen molar-refractivity contribution in [1.29, 1.82) is 0 Å². The molecule has 0 unspecified atom stereocenters. The molecular weight excluding hydrogens is 248 g/mol. The van der Waals surface area contributed by atoms with Crippen molar-refractivity contribution >= 4 is 23.3 Å². The molecule has 102 valence electrons. The van der Waals surface area contributed by atoms with Gasteiger partial charge < -0.3 is 20.1 Å². The number of aliphatic carboxylic acids is 1. The van der Waals surface area contributed by atoms with Crippen molar-refractivity contribution in [2.75, 3.05) is 30.4 Å². The van der Waals surface area contributed by atoms with Gasteiger partial charge in [0.25, 0.3) is 0 Å². The number of nitrogens with zero attached hydrogens (tertiary/aromatic N) is 1. The Bertz CT molecular complexity index is 501. The average molecular weight is 264 g/mol. The molecule has 1 heterocycles. The number of carbonyl (C=O) groups excluding carboxylic acids is 1. The van der Waals surface area contributed by atoms with Crippen LogP contribution in [0.15, 0.2) is 18.2 Å². The summed E-state index contributed by atoms with van der Waals surface area (Å²) in [5, 5.41) is 11.6. The minimum absolute atomic E-state index is 0.0326. The molecule has 0 saturated carbocycles. The number of ether oxygens (including phenoxy) is 1. The number of carboxylic acid groups (broad SMARTS) is 1. The van der Waals surface area contributed by atoms with E-state index in [1.165, 1.54) is 7.11 Å². The van der Waals surface area contributed by atoms with E-state index < -0.39 is 5.97 Å². The predicted octanol–water partition coefficient (Wildman–Crippen LogP) is 1.32. The Morgan fingerprint density at radius 1 is 1.53 bits per heavy atom. The molecule has 6 nitrogen and oxygen atoms in total. The van der Waals surface area contributed by atoms with Crippen molar-refractivity contribution in [2.24, 2.45) is 0 Å². The fraction of sp³-hybridized carbons (Fsp3) is 0.385. The van der Waals surface area contributed by atoms with Crippen LogP contribution < -0.4 is 15.0 Å². The van der Waals surface area contributed by atoms with E-state index in [-0.39, 0.29) is 12.3 Å². The molecular formula is C13H16N2O4. The predicted molar refractivity (Wildman–Crippen MR) is 70.7 cm³/mol. The maximum absolute atomic E-state index is 11.7. The first-order chi connectivity index (χ1) is 9.11. The van der Waals surface area contributed by atoms with Crippen LogP contribution in [-0.2, 0) is 9.59 Å². The van der Waals surface area contributed by atoms with Gasteiger partial charge >= 0.3 is 5.97 Å². The number of carbonyl (C=O) groups is 2. The maximum Gasteiger partial charge on any atom is 0.305 e. The molecule has 0 atom stereocenters. The fourth-order valence-corrected chi connectivity index (χ4v) is 2.10. The number of rotatable bonds is 4. The quantitative estimate of drug-likeness (QED) is 0.857. The number of para-hydroxylation sites is 1. The Kier molecular flexibility index (Phi) is 3.89. The van der Waals surface area contributed by atoms with E-state index in [2.05, 4.69) is 5.32 Å². The molecule has 2 rings (SSSR count). The van der Waals surface area contributed by atoms with Gasteiger partial charge in [0.2, 0.25) is 5.91 Å².